The fourth-order valence-corrected chi connectivity index (χ4v) is 4.59. The van der Waals surface area contributed by atoms with Crippen LogP contribution < -0.4 is 0 Å². The van der Waals surface area contributed by atoms with Gasteiger partial charge in [-0.1, -0.05) is 79.1 Å². The first-order chi connectivity index (χ1) is 13.8. The van der Waals surface area contributed by atoms with Crippen molar-refractivity contribution in [1.82, 2.24) is 9.13 Å². The highest BCUT2D eigenvalue weighted by molar-refractivity contribution is 5.83. The van der Waals surface area contributed by atoms with Crippen LogP contribution in [0.5, 0.6) is 0 Å². The quantitative estimate of drug-likeness (QED) is 0.257. The molecule has 0 aliphatic heterocycles. The van der Waals surface area contributed by atoms with Crippen molar-refractivity contribution in [3.05, 3.63) is 23.5 Å². The van der Waals surface area contributed by atoms with Crippen LogP contribution in [0.2, 0.25) is 0 Å². The molecule has 2 heterocycles. The van der Waals surface area contributed by atoms with Crippen LogP contribution in [0.4, 0.5) is 0 Å². The van der Waals surface area contributed by atoms with Crippen LogP contribution in [0.15, 0.2) is 12.3 Å². The zero-order chi connectivity index (χ0) is 20.2. The molecule has 2 heteroatoms. The second-order valence-electron chi connectivity index (χ2n) is 8.65. The van der Waals surface area contributed by atoms with Crippen molar-refractivity contribution in [2.45, 2.75) is 131 Å². The molecule has 2 aromatic rings. The molecule has 0 aromatic carbocycles. The van der Waals surface area contributed by atoms with Crippen molar-refractivity contribution in [1.29, 1.82) is 0 Å². The van der Waals surface area contributed by atoms with Gasteiger partial charge in [0.05, 0.1) is 11.0 Å². The Balaban J connectivity index is 2.39. The largest absolute Gasteiger partial charge is 0.346 e. The Kier molecular flexibility index (Phi) is 10.8. The number of hydrogen-bond donors (Lipinski definition) is 0. The lowest BCUT2D eigenvalue weighted by molar-refractivity contribution is 0.582. The summed E-state index contributed by atoms with van der Waals surface area (Å²) in [6.07, 6.45) is 20.8. The van der Waals surface area contributed by atoms with Crippen LogP contribution >= 0.6 is 0 Å². The summed E-state index contributed by atoms with van der Waals surface area (Å²) < 4.78 is 5.31. The molecule has 0 bridgehead atoms. The number of hydrogen-bond acceptors (Lipinski definition) is 0. The van der Waals surface area contributed by atoms with Gasteiger partial charge in [0.2, 0.25) is 0 Å². The van der Waals surface area contributed by atoms with Gasteiger partial charge in [-0.05, 0) is 50.2 Å². The Labute approximate surface area is 174 Å². The predicted octanol–water partition coefficient (Wildman–Crippen LogP) is 8.29. The SMILES string of the molecule is CCCCCc1c(CCCCC)n(CCCCC)c2ccn(CCCCC)c12. The van der Waals surface area contributed by atoms with Crippen molar-refractivity contribution in [2.75, 3.05) is 0 Å². The van der Waals surface area contributed by atoms with Crippen LogP contribution in [0.3, 0.4) is 0 Å². The molecule has 0 radical (unpaired) electrons. The van der Waals surface area contributed by atoms with E-state index in [1.54, 1.807) is 16.8 Å². The maximum absolute atomic E-state index is 2.72. The molecule has 2 rings (SSSR count). The highest BCUT2D eigenvalue weighted by Gasteiger charge is 2.19. The summed E-state index contributed by atoms with van der Waals surface area (Å²) in [5, 5.41) is 0. The fraction of sp³-hybridized carbons (Fsp3) is 0.769. The van der Waals surface area contributed by atoms with E-state index in [1.807, 2.05) is 0 Å². The van der Waals surface area contributed by atoms with Crippen molar-refractivity contribution < 1.29 is 0 Å². The van der Waals surface area contributed by atoms with E-state index in [0.29, 0.717) is 0 Å². The molecule has 0 unspecified atom stereocenters. The Morgan fingerprint density at radius 1 is 0.643 bits per heavy atom. The highest BCUT2D eigenvalue weighted by Crippen LogP contribution is 2.31. The van der Waals surface area contributed by atoms with E-state index in [0.717, 1.165) is 0 Å². The Morgan fingerprint density at radius 2 is 1.21 bits per heavy atom. The Morgan fingerprint density at radius 3 is 1.86 bits per heavy atom. The second-order valence-corrected chi connectivity index (χ2v) is 8.65. The smallest absolute Gasteiger partial charge is 0.0698 e. The van der Waals surface area contributed by atoms with E-state index < -0.39 is 0 Å². The van der Waals surface area contributed by atoms with E-state index in [1.165, 1.54) is 108 Å². The summed E-state index contributed by atoms with van der Waals surface area (Å²) in [5.74, 6) is 0. The van der Waals surface area contributed by atoms with Gasteiger partial charge in [-0.25, -0.2) is 0 Å². The molecule has 0 amide bonds. The minimum absolute atomic E-state index is 1.19. The number of unbranched alkanes of at least 4 members (excludes halogenated alkanes) is 8. The van der Waals surface area contributed by atoms with Gasteiger partial charge in [-0.15, -0.1) is 0 Å². The van der Waals surface area contributed by atoms with Gasteiger partial charge in [0.15, 0.2) is 0 Å². The lowest BCUT2D eigenvalue weighted by atomic mass is 10.0. The molecule has 0 aliphatic rings. The first-order valence-corrected chi connectivity index (χ1v) is 12.5. The van der Waals surface area contributed by atoms with Gasteiger partial charge < -0.3 is 9.13 Å². The summed E-state index contributed by atoms with van der Waals surface area (Å²) in [5.41, 5.74) is 6.47. The van der Waals surface area contributed by atoms with Crippen LogP contribution in [-0.4, -0.2) is 9.13 Å². The number of fused-ring (bicyclic) bond motifs is 1. The molecule has 0 atom stereocenters. The summed E-state index contributed by atoms with van der Waals surface area (Å²) in [6.45, 7) is 11.6. The van der Waals surface area contributed by atoms with E-state index in [9.17, 15) is 0 Å². The highest BCUT2D eigenvalue weighted by atomic mass is 15.1. The van der Waals surface area contributed by atoms with Gasteiger partial charge in [-0.3, -0.25) is 0 Å². The molecule has 2 nitrogen and oxygen atoms in total. The third kappa shape index (κ3) is 6.16. The number of aryl methyl sites for hydroxylation is 3. The van der Waals surface area contributed by atoms with Crippen molar-refractivity contribution in [2.24, 2.45) is 0 Å². The first kappa shape index (κ1) is 23.1. The third-order valence-electron chi connectivity index (χ3n) is 6.23. The fourth-order valence-electron chi connectivity index (χ4n) is 4.59. The third-order valence-corrected chi connectivity index (χ3v) is 6.23. The minimum atomic E-state index is 1.19. The Bertz CT molecular complexity index is 662. The zero-order valence-electron chi connectivity index (χ0n) is 19.4. The normalized spacial score (nSPS) is 11.7. The van der Waals surface area contributed by atoms with E-state index in [4.69, 9.17) is 0 Å². The molecule has 0 aliphatic carbocycles. The van der Waals surface area contributed by atoms with Crippen molar-refractivity contribution in [3.63, 3.8) is 0 Å². The van der Waals surface area contributed by atoms with Crippen LogP contribution in [0, 0.1) is 0 Å². The van der Waals surface area contributed by atoms with Gasteiger partial charge in [0.1, 0.15) is 0 Å². The van der Waals surface area contributed by atoms with E-state index in [-0.39, 0.29) is 0 Å². The molecule has 0 spiro atoms. The summed E-state index contributed by atoms with van der Waals surface area (Å²) in [7, 11) is 0. The van der Waals surface area contributed by atoms with Crippen LogP contribution in [0.1, 0.15) is 116 Å². The first-order valence-electron chi connectivity index (χ1n) is 12.5. The average molecular weight is 387 g/mol. The van der Waals surface area contributed by atoms with Crippen LogP contribution in [0.25, 0.3) is 11.0 Å². The van der Waals surface area contributed by atoms with E-state index >= 15 is 0 Å². The van der Waals surface area contributed by atoms with Gasteiger partial charge >= 0.3 is 0 Å². The topological polar surface area (TPSA) is 9.86 Å². The van der Waals surface area contributed by atoms with Gasteiger partial charge in [0, 0.05) is 25.0 Å². The molecular formula is C26H46N2. The molecular weight excluding hydrogens is 340 g/mol. The molecule has 28 heavy (non-hydrogen) atoms. The number of rotatable bonds is 16. The molecule has 160 valence electrons. The van der Waals surface area contributed by atoms with Gasteiger partial charge in [0.25, 0.3) is 0 Å². The van der Waals surface area contributed by atoms with Crippen molar-refractivity contribution >= 4 is 11.0 Å². The van der Waals surface area contributed by atoms with Gasteiger partial charge in [-0.2, -0.15) is 0 Å². The molecule has 2 aromatic heterocycles. The number of aromatic nitrogens is 2. The van der Waals surface area contributed by atoms with E-state index in [2.05, 4.69) is 49.1 Å². The monoisotopic (exact) mass is 386 g/mol. The number of nitrogens with zero attached hydrogens (tertiary/aromatic N) is 2. The van der Waals surface area contributed by atoms with Crippen LogP contribution in [-0.2, 0) is 25.9 Å². The lowest BCUT2D eigenvalue weighted by Gasteiger charge is -2.13. The summed E-state index contributed by atoms with van der Waals surface area (Å²) in [4.78, 5) is 0. The standard InChI is InChI=1S/C26H46N2/c1-5-9-13-17-23-24(18-14-10-6-2)28(21-16-12-8-4)25-19-22-27(26(23)25)20-15-11-7-3/h19,22H,5-18,20-21H2,1-4H3. The molecule has 0 N–H and O–H groups in total. The maximum Gasteiger partial charge on any atom is 0.0698 e. The summed E-state index contributed by atoms with van der Waals surface area (Å²) in [6, 6.07) is 2.42. The minimum Gasteiger partial charge on any atom is -0.346 e. The Hall–Kier alpha value is -1.18. The van der Waals surface area contributed by atoms with Crippen molar-refractivity contribution in [3.8, 4) is 0 Å². The predicted molar refractivity (Wildman–Crippen MR) is 125 cm³/mol. The summed E-state index contributed by atoms with van der Waals surface area (Å²) >= 11 is 0. The second kappa shape index (κ2) is 13.1. The molecule has 0 saturated carbocycles. The maximum atomic E-state index is 2.72. The zero-order valence-corrected chi connectivity index (χ0v) is 19.4. The lowest BCUT2D eigenvalue weighted by Crippen LogP contribution is -2.06. The molecule has 0 saturated heterocycles. The molecule has 0 fully saturated rings. The average Bonchev–Trinajstić information content (AvgIpc) is 3.22.